The second kappa shape index (κ2) is 7.60. The molecule has 0 bridgehead atoms. The Labute approximate surface area is 139 Å². The van der Waals surface area contributed by atoms with Crippen LogP contribution in [0.15, 0.2) is 6.07 Å². The third-order valence-corrected chi connectivity index (χ3v) is 5.78. The number of aryl methyl sites for hydroxylation is 2. The predicted molar refractivity (Wildman–Crippen MR) is 94.4 cm³/mol. The average Bonchev–Trinajstić information content (AvgIpc) is 2.85. The summed E-state index contributed by atoms with van der Waals surface area (Å²) in [5.41, 5.74) is 1.33. The molecule has 0 radical (unpaired) electrons. The van der Waals surface area contributed by atoms with Crippen LogP contribution in [0.25, 0.3) is 0 Å². The lowest BCUT2D eigenvalue weighted by atomic mass is 9.99. The molecule has 0 aliphatic carbocycles. The molecule has 1 aliphatic rings. The van der Waals surface area contributed by atoms with Gasteiger partial charge < -0.3 is 4.90 Å². The number of rotatable bonds is 5. The van der Waals surface area contributed by atoms with Gasteiger partial charge in [-0.1, -0.05) is 6.92 Å². The highest BCUT2D eigenvalue weighted by Crippen LogP contribution is 2.27. The van der Waals surface area contributed by atoms with E-state index in [-0.39, 0.29) is 18.0 Å². The van der Waals surface area contributed by atoms with Crippen LogP contribution in [0.4, 0.5) is 0 Å². The van der Waals surface area contributed by atoms with Crippen molar-refractivity contribution < 1.29 is 4.79 Å². The summed E-state index contributed by atoms with van der Waals surface area (Å²) in [4.78, 5) is 17.6. The Hall–Kier alpha value is -0.870. The molecule has 1 saturated heterocycles. The van der Waals surface area contributed by atoms with Gasteiger partial charge in [0, 0.05) is 28.4 Å². The highest BCUT2D eigenvalue weighted by atomic mass is 32.1. The van der Waals surface area contributed by atoms with Crippen molar-refractivity contribution in [1.29, 1.82) is 0 Å². The smallest absolute Gasteiger partial charge is 0.239 e. The summed E-state index contributed by atoms with van der Waals surface area (Å²) >= 11 is 1.83. The molecule has 1 aliphatic heterocycles. The monoisotopic (exact) mass is 322 g/mol. The van der Waals surface area contributed by atoms with E-state index in [0.717, 1.165) is 25.8 Å². The molecule has 3 unspecified atom stereocenters. The maximum absolute atomic E-state index is 12.8. The van der Waals surface area contributed by atoms with E-state index in [0.29, 0.717) is 6.04 Å². The maximum Gasteiger partial charge on any atom is 0.239 e. The molecule has 22 heavy (non-hydrogen) atoms. The van der Waals surface area contributed by atoms with Crippen molar-refractivity contribution in [2.45, 2.75) is 78.4 Å². The van der Waals surface area contributed by atoms with Crippen molar-refractivity contribution in [2.24, 2.45) is 0 Å². The molecule has 1 N–H and O–H groups in total. The molecule has 0 spiro atoms. The number of hydrogen-bond donors (Lipinski definition) is 1. The zero-order valence-electron chi connectivity index (χ0n) is 14.6. The summed E-state index contributed by atoms with van der Waals surface area (Å²) in [5.74, 6) is 0.267. The number of thiophene rings is 1. The summed E-state index contributed by atoms with van der Waals surface area (Å²) in [6, 6.07) is 2.77. The molecule has 0 aromatic carbocycles. The van der Waals surface area contributed by atoms with E-state index in [4.69, 9.17) is 0 Å². The van der Waals surface area contributed by atoms with Gasteiger partial charge in [-0.2, -0.15) is 0 Å². The highest BCUT2D eigenvalue weighted by molar-refractivity contribution is 7.12. The molecule has 3 nitrogen and oxygen atoms in total. The topological polar surface area (TPSA) is 32.3 Å². The number of piperidine rings is 1. The third-order valence-electron chi connectivity index (χ3n) is 4.80. The lowest BCUT2D eigenvalue weighted by Gasteiger charge is -2.37. The van der Waals surface area contributed by atoms with Crippen LogP contribution < -0.4 is 5.32 Å². The quantitative estimate of drug-likeness (QED) is 0.881. The molecule has 0 saturated carbocycles. The van der Waals surface area contributed by atoms with Crippen molar-refractivity contribution in [2.75, 3.05) is 6.54 Å². The third kappa shape index (κ3) is 3.90. The lowest BCUT2D eigenvalue weighted by Crippen LogP contribution is -2.51. The van der Waals surface area contributed by atoms with Crippen LogP contribution in [0.2, 0.25) is 0 Å². The molecule has 4 heteroatoms. The molecule has 124 valence electrons. The first-order chi connectivity index (χ1) is 10.4. The molecule has 1 amide bonds. The molecular weight excluding hydrogens is 292 g/mol. The number of carbonyl (C=O) groups is 1. The van der Waals surface area contributed by atoms with Crippen molar-refractivity contribution >= 4 is 17.2 Å². The Morgan fingerprint density at radius 3 is 2.73 bits per heavy atom. The largest absolute Gasteiger partial charge is 0.338 e. The molecule has 1 aromatic heterocycles. The number of carbonyl (C=O) groups excluding carboxylic acids is 1. The van der Waals surface area contributed by atoms with Crippen molar-refractivity contribution in [3.8, 4) is 0 Å². The van der Waals surface area contributed by atoms with Gasteiger partial charge in [-0.25, -0.2) is 0 Å². The molecule has 1 aromatic rings. The van der Waals surface area contributed by atoms with Crippen LogP contribution in [-0.4, -0.2) is 29.4 Å². The van der Waals surface area contributed by atoms with Gasteiger partial charge in [0.1, 0.15) is 0 Å². The maximum atomic E-state index is 12.8. The first kappa shape index (κ1) is 17.5. The number of nitrogens with one attached hydrogen (secondary N) is 1. The minimum absolute atomic E-state index is 0.123. The number of hydrogen-bond acceptors (Lipinski definition) is 3. The minimum Gasteiger partial charge on any atom is -0.338 e. The van der Waals surface area contributed by atoms with E-state index in [1.807, 2.05) is 18.3 Å². The van der Waals surface area contributed by atoms with E-state index in [1.54, 1.807) is 0 Å². The van der Waals surface area contributed by atoms with Gasteiger partial charge in [-0.3, -0.25) is 10.1 Å². The summed E-state index contributed by atoms with van der Waals surface area (Å²) < 4.78 is 0. The van der Waals surface area contributed by atoms with Gasteiger partial charge in [0.05, 0.1) is 6.04 Å². The summed E-state index contributed by atoms with van der Waals surface area (Å²) in [5, 5.41) is 3.51. The van der Waals surface area contributed by atoms with Crippen molar-refractivity contribution in [3.63, 3.8) is 0 Å². The van der Waals surface area contributed by atoms with Crippen LogP contribution in [0, 0.1) is 13.8 Å². The van der Waals surface area contributed by atoms with Gasteiger partial charge in [-0.05, 0) is 65.0 Å². The van der Waals surface area contributed by atoms with Crippen molar-refractivity contribution in [1.82, 2.24) is 10.2 Å². The Morgan fingerprint density at radius 1 is 1.41 bits per heavy atom. The fraction of sp³-hybridized carbons (Fsp3) is 0.722. The number of amides is 1. The molecule has 2 heterocycles. The van der Waals surface area contributed by atoms with Crippen LogP contribution in [0.1, 0.15) is 67.8 Å². The standard InChI is InChI=1S/C18H30N2OS/c1-6-16-9-7-8-10-20(16)18(21)14(4)19-13(3)17-11-12(2)22-15(17)5/h11,13-14,16,19H,6-10H2,1-5H3. The average molecular weight is 323 g/mol. The van der Waals surface area contributed by atoms with Gasteiger partial charge >= 0.3 is 0 Å². The van der Waals surface area contributed by atoms with E-state index >= 15 is 0 Å². The summed E-state index contributed by atoms with van der Waals surface area (Å²) in [6.45, 7) is 11.6. The fourth-order valence-corrected chi connectivity index (χ4v) is 4.60. The van der Waals surface area contributed by atoms with Gasteiger partial charge in [0.15, 0.2) is 0 Å². The second-order valence-electron chi connectivity index (χ2n) is 6.57. The normalized spacial score (nSPS) is 21.7. The van der Waals surface area contributed by atoms with Gasteiger partial charge in [-0.15, -0.1) is 11.3 Å². The Kier molecular flexibility index (Phi) is 6.04. The second-order valence-corrected chi connectivity index (χ2v) is 8.03. The number of nitrogens with zero attached hydrogens (tertiary/aromatic N) is 1. The molecule has 2 rings (SSSR count). The zero-order valence-corrected chi connectivity index (χ0v) is 15.4. The lowest BCUT2D eigenvalue weighted by molar-refractivity contribution is -0.137. The highest BCUT2D eigenvalue weighted by Gasteiger charge is 2.29. The molecule has 3 atom stereocenters. The van der Waals surface area contributed by atoms with E-state index in [9.17, 15) is 4.79 Å². The zero-order chi connectivity index (χ0) is 16.3. The van der Waals surface area contributed by atoms with Crippen LogP contribution in [0.5, 0.6) is 0 Å². The van der Waals surface area contributed by atoms with E-state index in [1.165, 1.54) is 21.7 Å². The van der Waals surface area contributed by atoms with Gasteiger partial charge in [0.25, 0.3) is 0 Å². The molecular formula is C18H30N2OS. The Morgan fingerprint density at radius 2 is 2.14 bits per heavy atom. The Bertz CT molecular complexity index is 511. The predicted octanol–water partition coefficient (Wildman–Crippen LogP) is 4.20. The molecule has 1 fully saturated rings. The van der Waals surface area contributed by atoms with E-state index in [2.05, 4.69) is 44.0 Å². The van der Waals surface area contributed by atoms with Crippen molar-refractivity contribution in [3.05, 3.63) is 21.4 Å². The van der Waals surface area contributed by atoms with Crippen LogP contribution in [0.3, 0.4) is 0 Å². The summed E-state index contributed by atoms with van der Waals surface area (Å²) in [6.07, 6.45) is 4.63. The fourth-order valence-electron chi connectivity index (χ4n) is 3.58. The van der Waals surface area contributed by atoms with E-state index < -0.39 is 0 Å². The SMILES string of the molecule is CCC1CCCCN1C(=O)C(C)NC(C)c1cc(C)sc1C. The van der Waals surface area contributed by atoms with Gasteiger partial charge in [0.2, 0.25) is 5.91 Å². The number of likely N-dealkylation sites (tertiary alicyclic amines) is 1. The first-order valence-electron chi connectivity index (χ1n) is 8.57. The minimum atomic E-state index is -0.123. The summed E-state index contributed by atoms with van der Waals surface area (Å²) in [7, 11) is 0. The van der Waals surface area contributed by atoms with Crippen LogP contribution >= 0.6 is 11.3 Å². The van der Waals surface area contributed by atoms with Crippen LogP contribution in [-0.2, 0) is 4.79 Å². The first-order valence-corrected chi connectivity index (χ1v) is 9.39. The Balaban J connectivity index is 2.00.